The van der Waals surface area contributed by atoms with Crippen LogP contribution < -0.4 is 0 Å². The summed E-state index contributed by atoms with van der Waals surface area (Å²) in [5.41, 5.74) is 0. The van der Waals surface area contributed by atoms with Crippen molar-refractivity contribution in [3.63, 3.8) is 0 Å². The number of fused-ring (bicyclic) bond motifs is 1. The Labute approximate surface area is 141 Å². The molecule has 1 aromatic heterocycles. The zero-order valence-electron chi connectivity index (χ0n) is 13.7. The number of thioether (sulfide) groups is 2. The Morgan fingerprint density at radius 3 is 1.55 bits per heavy atom. The van der Waals surface area contributed by atoms with Gasteiger partial charge in [-0.05, 0) is 28.2 Å². The molecule has 0 radical (unpaired) electrons. The number of hydrogen-bond acceptors (Lipinski definition) is 6. The molecule has 0 saturated heterocycles. The van der Waals surface area contributed by atoms with E-state index in [4.69, 9.17) is 0 Å². The second-order valence-corrected chi connectivity index (χ2v) is 7.83. The summed E-state index contributed by atoms with van der Waals surface area (Å²) in [7, 11) is 8.37. The maximum absolute atomic E-state index is 4.46. The monoisotopic (exact) mass is 336 g/mol. The van der Waals surface area contributed by atoms with Gasteiger partial charge >= 0.3 is 0 Å². The second kappa shape index (κ2) is 8.72. The van der Waals surface area contributed by atoms with E-state index in [-0.39, 0.29) is 0 Å². The molecule has 0 fully saturated rings. The molecule has 0 aliphatic carbocycles. The molecule has 0 aliphatic rings. The minimum atomic E-state index is 1.03. The van der Waals surface area contributed by atoms with E-state index < -0.39 is 0 Å². The predicted octanol–water partition coefficient (Wildman–Crippen LogP) is 2.94. The van der Waals surface area contributed by atoms with Gasteiger partial charge in [0, 0.05) is 35.4 Å². The lowest BCUT2D eigenvalue weighted by molar-refractivity contribution is 0.437. The van der Waals surface area contributed by atoms with Crippen molar-refractivity contribution < 1.29 is 0 Å². The highest BCUT2D eigenvalue weighted by Gasteiger charge is 2.10. The third-order valence-corrected chi connectivity index (χ3v) is 5.10. The zero-order chi connectivity index (χ0) is 15.9. The Bertz CT molecular complexity index is 549. The largest absolute Gasteiger partial charge is 0.309 e. The van der Waals surface area contributed by atoms with Crippen molar-refractivity contribution in [2.45, 2.75) is 10.1 Å². The zero-order valence-corrected chi connectivity index (χ0v) is 15.4. The van der Waals surface area contributed by atoms with Crippen LogP contribution in [0.2, 0.25) is 0 Å². The first-order valence-corrected chi connectivity index (χ1v) is 9.35. The standard InChI is InChI=1S/C16H24N4S2/c1-19(2)9-11-21-15-13-7-5-6-8-14(13)16(18-17-15)22-12-10-20(3)4/h5-8H,9-12H2,1-4H3. The van der Waals surface area contributed by atoms with E-state index in [0.29, 0.717) is 0 Å². The third kappa shape index (κ3) is 5.12. The molecule has 22 heavy (non-hydrogen) atoms. The molecule has 0 atom stereocenters. The molecule has 2 aromatic rings. The summed E-state index contributed by atoms with van der Waals surface area (Å²) < 4.78 is 0. The summed E-state index contributed by atoms with van der Waals surface area (Å²) in [6.45, 7) is 2.08. The number of hydrogen-bond donors (Lipinski definition) is 0. The smallest absolute Gasteiger partial charge is 0.127 e. The molecule has 0 spiro atoms. The van der Waals surface area contributed by atoms with Crippen molar-refractivity contribution >= 4 is 34.3 Å². The molecule has 0 saturated carbocycles. The maximum atomic E-state index is 4.46. The highest BCUT2D eigenvalue weighted by Crippen LogP contribution is 2.31. The second-order valence-electron chi connectivity index (χ2n) is 5.66. The van der Waals surface area contributed by atoms with Crippen molar-refractivity contribution in [2.24, 2.45) is 0 Å². The van der Waals surface area contributed by atoms with Gasteiger partial charge in [-0.1, -0.05) is 24.3 Å². The van der Waals surface area contributed by atoms with Crippen LogP contribution in [0.5, 0.6) is 0 Å². The number of aromatic nitrogens is 2. The Balaban J connectivity index is 2.15. The third-order valence-electron chi connectivity index (χ3n) is 3.17. The fourth-order valence-electron chi connectivity index (χ4n) is 1.92. The summed E-state index contributed by atoms with van der Waals surface area (Å²) in [6, 6.07) is 8.46. The van der Waals surface area contributed by atoms with Gasteiger partial charge in [0.1, 0.15) is 10.1 Å². The fraction of sp³-hybridized carbons (Fsp3) is 0.500. The quantitative estimate of drug-likeness (QED) is 0.689. The molecule has 0 amide bonds. The Hall–Kier alpha value is -0.820. The first kappa shape index (κ1) is 17.5. The molecule has 2 rings (SSSR count). The van der Waals surface area contributed by atoms with Crippen molar-refractivity contribution in [2.75, 3.05) is 52.8 Å². The lowest BCUT2D eigenvalue weighted by Crippen LogP contribution is -2.15. The first-order valence-electron chi connectivity index (χ1n) is 7.38. The molecule has 4 nitrogen and oxygen atoms in total. The van der Waals surface area contributed by atoms with Crippen molar-refractivity contribution in [1.82, 2.24) is 20.0 Å². The van der Waals surface area contributed by atoms with Gasteiger partial charge in [-0.15, -0.1) is 33.7 Å². The molecular formula is C16H24N4S2. The predicted molar refractivity (Wildman–Crippen MR) is 98.1 cm³/mol. The van der Waals surface area contributed by atoms with E-state index in [1.165, 1.54) is 10.8 Å². The van der Waals surface area contributed by atoms with Crippen LogP contribution in [0.4, 0.5) is 0 Å². The fourth-order valence-corrected chi connectivity index (χ4v) is 4.08. The number of nitrogens with zero attached hydrogens (tertiary/aromatic N) is 4. The average Bonchev–Trinajstić information content (AvgIpc) is 2.48. The Morgan fingerprint density at radius 1 is 0.773 bits per heavy atom. The lowest BCUT2D eigenvalue weighted by Gasteiger charge is -2.12. The summed E-state index contributed by atoms with van der Waals surface area (Å²) >= 11 is 3.57. The topological polar surface area (TPSA) is 32.3 Å². The highest BCUT2D eigenvalue weighted by atomic mass is 32.2. The highest BCUT2D eigenvalue weighted by molar-refractivity contribution is 7.99. The van der Waals surface area contributed by atoms with Crippen LogP contribution in [0.15, 0.2) is 34.3 Å². The molecule has 0 bridgehead atoms. The van der Waals surface area contributed by atoms with Gasteiger partial charge in [-0.25, -0.2) is 0 Å². The van der Waals surface area contributed by atoms with E-state index in [2.05, 4.69) is 72.5 Å². The van der Waals surface area contributed by atoms with Gasteiger partial charge in [0.25, 0.3) is 0 Å². The minimum absolute atomic E-state index is 1.03. The van der Waals surface area contributed by atoms with Crippen molar-refractivity contribution in [3.8, 4) is 0 Å². The molecular weight excluding hydrogens is 312 g/mol. The summed E-state index contributed by atoms with van der Waals surface area (Å²) in [5, 5.41) is 13.4. The summed E-state index contributed by atoms with van der Waals surface area (Å²) in [5.74, 6) is 2.05. The molecule has 0 unspecified atom stereocenters. The maximum Gasteiger partial charge on any atom is 0.127 e. The summed E-state index contributed by atoms with van der Waals surface area (Å²) in [4.78, 5) is 4.38. The summed E-state index contributed by atoms with van der Waals surface area (Å²) in [6.07, 6.45) is 0. The molecule has 120 valence electrons. The van der Waals surface area contributed by atoms with Crippen LogP contribution in [-0.2, 0) is 0 Å². The van der Waals surface area contributed by atoms with Gasteiger partial charge in [-0.3, -0.25) is 0 Å². The van der Waals surface area contributed by atoms with Gasteiger partial charge in [0.15, 0.2) is 0 Å². The van der Waals surface area contributed by atoms with Crippen LogP contribution in [0.25, 0.3) is 10.8 Å². The van der Waals surface area contributed by atoms with E-state index in [0.717, 1.165) is 34.6 Å². The normalized spacial score (nSPS) is 11.7. The van der Waals surface area contributed by atoms with Crippen LogP contribution in [0.1, 0.15) is 0 Å². The SMILES string of the molecule is CN(C)CCSc1nnc(SCCN(C)C)c2ccccc12. The van der Waals surface area contributed by atoms with E-state index in [9.17, 15) is 0 Å². The van der Waals surface area contributed by atoms with Gasteiger partial charge < -0.3 is 9.80 Å². The molecule has 1 heterocycles. The first-order chi connectivity index (χ1) is 10.6. The molecule has 6 heteroatoms. The Morgan fingerprint density at radius 2 is 1.18 bits per heavy atom. The van der Waals surface area contributed by atoms with Crippen molar-refractivity contribution in [1.29, 1.82) is 0 Å². The molecule has 0 N–H and O–H groups in total. The van der Waals surface area contributed by atoms with Gasteiger partial charge in [0.05, 0.1) is 0 Å². The minimum Gasteiger partial charge on any atom is -0.309 e. The van der Waals surface area contributed by atoms with Gasteiger partial charge in [0.2, 0.25) is 0 Å². The van der Waals surface area contributed by atoms with E-state index in [1.807, 2.05) is 0 Å². The number of benzene rings is 1. The van der Waals surface area contributed by atoms with E-state index >= 15 is 0 Å². The Kier molecular flexibility index (Phi) is 6.95. The van der Waals surface area contributed by atoms with Crippen molar-refractivity contribution in [3.05, 3.63) is 24.3 Å². The van der Waals surface area contributed by atoms with E-state index in [1.54, 1.807) is 23.5 Å². The van der Waals surface area contributed by atoms with Crippen LogP contribution in [-0.4, -0.2) is 72.8 Å². The van der Waals surface area contributed by atoms with Crippen LogP contribution >= 0.6 is 23.5 Å². The molecule has 0 aliphatic heterocycles. The lowest BCUT2D eigenvalue weighted by atomic mass is 10.2. The molecule has 1 aromatic carbocycles. The number of rotatable bonds is 8. The average molecular weight is 337 g/mol. The van der Waals surface area contributed by atoms with Crippen LogP contribution in [0.3, 0.4) is 0 Å². The van der Waals surface area contributed by atoms with Crippen LogP contribution in [0, 0.1) is 0 Å². The van der Waals surface area contributed by atoms with Gasteiger partial charge in [-0.2, -0.15) is 0 Å².